The third-order valence-electron chi connectivity index (χ3n) is 3.05. The number of anilines is 1. The Balaban J connectivity index is 2.49. The molecule has 0 aliphatic heterocycles. The zero-order valence-corrected chi connectivity index (χ0v) is 13.5. The van der Waals surface area contributed by atoms with E-state index < -0.39 is 0 Å². The normalized spacial score (nSPS) is 11.3. The van der Waals surface area contributed by atoms with Gasteiger partial charge in [-0.05, 0) is 30.5 Å². The minimum atomic E-state index is 0.673. The molecular formula is C15H20BrN3. The lowest BCUT2D eigenvalue weighted by molar-refractivity contribution is 0.575. The summed E-state index contributed by atoms with van der Waals surface area (Å²) in [6, 6.07) is 6.16. The Morgan fingerprint density at radius 2 is 1.95 bits per heavy atom. The Bertz CT molecular complexity index is 579. The third kappa shape index (κ3) is 3.44. The molecule has 102 valence electrons. The van der Waals surface area contributed by atoms with Crippen molar-refractivity contribution < 1.29 is 0 Å². The highest BCUT2D eigenvalue weighted by Crippen LogP contribution is 2.26. The summed E-state index contributed by atoms with van der Waals surface area (Å²) in [5.74, 6) is 2.60. The van der Waals surface area contributed by atoms with Gasteiger partial charge in [0.1, 0.15) is 11.6 Å². The first-order valence-electron chi connectivity index (χ1n) is 6.61. The van der Waals surface area contributed by atoms with E-state index in [0.29, 0.717) is 5.92 Å². The Morgan fingerprint density at radius 1 is 1.21 bits per heavy atom. The van der Waals surface area contributed by atoms with Crippen LogP contribution in [0.1, 0.15) is 26.1 Å². The van der Waals surface area contributed by atoms with E-state index in [-0.39, 0.29) is 0 Å². The minimum absolute atomic E-state index is 0.673. The largest absolute Gasteiger partial charge is 0.362 e. The molecular weight excluding hydrogens is 302 g/mol. The molecule has 1 aromatic heterocycles. The highest BCUT2D eigenvalue weighted by Gasteiger charge is 2.10. The van der Waals surface area contributed by atoms with E-state index in [4.69, 9.17) is 4.98 Å². The number of aryl methyl sites for hydroxylation is 1. The minimum Gasteiger partial charge on any atom is -0.362 e. The maximum atomic E-state index is 4.71. The van der Waals surface area contributed by atoms with E-state index in [1.54, 1.807) is 0 Å². The first-order chi connectivity index (χ1) is 8.97. The molecule has 0 spiro atoms. The van der Waals surface area contributed by atoms with Gasteiger partial charge in [-0.1, -0.05) is 29.8 Å². The zero-order valence-electron chi connectivity index (χ0n) is 11.9. The summed E-state index contributed by atoms with van der Waals surface area (Å²) in [6.45, 7) is 4.45. The van der Waals surface area contributed by atoms with Crippen LogP contribution in [-0.4, -0.2) is 24.1 Å². The molecule has 0 radical (unpaired) electrons. The van der Waals surface area contributed by atoms with E-state index in [2.05, 4.69) is 45.7 Å². The second-order valence-electron chi connectivity index (χ2n) is 5.45. The van der Waals surface area contributed by atoms with Gasteiger partial charge in [-0.2, -0.15) is 0 Å². The maximum Gasteiger partial charge on any atom is 0.139 e. The molecule has 4 heteroatoms. The van der Waals surface area contributed by atoms with Crippen molar-refractivity contribution in [1.29, 1.82) is 0 Å². The third-order valence-corrected chi connectivity index (χ3v) is 3.55. The predicted molar refractivity (Wildman–Crippen MR) is 84.7 cm³/mol. The molecule has 19 heavy (non-hydrogen) atoms. The van der Waals surface area contributed by atoms with E-state index in [0.717, 1.165) is 39.9 Å². The fourth-order valence-electron chi connectivity index (χ4n) is 2.00. The molecule has 0 atom stereocenters. The van der Waals surface area contributed by atoms with Crippen LogP contribution in [0.5, 0.6) is 0 Å². The second kappa shape index (κ2) is 5.87. The van der Waals surface area contributed by atoms with E-state index in [9.17, 15) is 0 Å². The highest BCUT2D eigenvalue weighted by molar-refractivity contribution is 9.10. The average Bonchev–Trinajstić information content (AvgIpc) is 2.35. The number of halogens is 1. The van der Waals surface area contributed by atoms with Gasteiger partial charge in [0.05, 0.1) is 5.52 Å². The number of aromatic nitrogens is 2. The smallest absolute Gasteiger partial charge is 0.139 e. The van der Waals surface area contributed by atoms with Crippen molar-refractivity contribution in [2.75, 3.05) is 19.0 Å². The lowest BCUT2D eigenvalue weighted by Crippen LogP contribution is -2.13. The van der Waals surface area contributed by atoms with Crippen LogP contribution in [0.25, 0.3) is 10.9 Å². The van der Waals surface area contributed by atoms with Gasteiger partial charge in [0.25, 0.3) is 0 Å². The molecule has 3 nitrogen and oxygen atoms in total. The monoisotopic (exact) mass is 321 g/mol. The fourth-order valence-corrected chi connectivity index (χ4v) is 2.36. The lowest BCUT2D eigenvalue weighted by Gasteiger charge is -2.16. The molecule has 0 aliphatic rings. The van der Waals surface area contributed by atoms with Crippen molar-refractivity contribution >= 4 is 32.7 Å². The lowest BCUT2D eigenvalue weighted by atomic mass is 10.1. The number of nitrogens with zero attached hydrogens (tertiary/aromatic N) is 3. The van der Waals surface area contributed by atoms with E-state index in [1.807, 2.05) is 26.2 Å². The van der Waals surface area contributed by atoms with Gasteiger partial charge in [-0.25, -0.2) is 9.97 Å². The van der Waals surface area contributed by atoms with Gasteiger partial charge < -0.3 is 4.90 Å². The van der Waals surface area contributed by atoms with Gasteiger partial charge in [-0.15, -0.1) is 0 Å². The van der Waals surface area contributed by atoms with Gasteiger partial charge >= 0.3 is 0 Å². The second-order valence-corrected chi connectivity index (χ2v) is 6.37. The van der Waals surface area contributed by atoms with Crippen LogP contribution in [0.2, 0.25) is 0 Å². The van der Waals surface area contributed by atoms with Crippen LogP contribution in [0.4, 0.5) is 5.82 Å². The van der Waals surface area contributed by atoms with Crippen LogP contribution < -0.4 is 4.90 Å². The molecule has 0 aliphatic carbocycles. The summed E-state index contributed by atoms with van der Waals surface area (Å²) >= 11 is 3.51. The Hall–Kier alpha value is -1.16. The standard InChI is InChI=1S/C15H20BrN3/c1-10(2)5-8-14-17-13-7-6-11(16)9-12(13)15(18-14)19(3)4/h6-7,9-10H,5,8H2,1-4H3. The summed E-state index contributed by atoms with van der Waals surface area (Å²) in [5, 5.41) is 1.09. The van der Waals surface area contributed by atoms with Crippen LogP contribution in [-0.2, 0) is 6.42 Å². The average molecular weight is 322 g/mol. The van der Waals surface area contributed by atoms with Gasteiger partial charge in [0.2, 0.25) is 0 Å². The quantitative estimate of drug-likeness (QED) is 0.850. The first kappa shape index (κ1) is 14.3. The molecule has 1 heterocycles. The topological polar surface area (TPSA) is 29.0 Å². The maximum absolute atomic E-state index is 4.71. The summed E-state index contributed by atoms with van der Waals surface area (Å²) in [4.78, 5) is 11.4. The molecule has 2 rings (SSSR count). The van der Waals surface area contributed by atoms with Crippen LogP contribution in [0, 0.1) is 5.92 Å². The van der Waals surface area contributed by atoms with Crippen molar-refractivity contribution in [2.45, 2.75) is 26.7 Å². The van der Waals surface area contributed by atoms with Crippen molar-refractivity contribution in [3.05, 3.63) is 28.5 Å². The first-order valence-corrected chi connectivity index (χ1v) is 7.40. The molecule has 0 saturated carbocycles. The molecule has 0 bridgehead atoms. The molecule has 0 fully saturated rings. The summed E-state index contributed by atoms with van der Waals surface area (Å²) < 4.78 is 1.06. The Morgan fingerprint density at radius 3 is 2.58 bits per heavy atom. The number of rotatable bonds is 4. The van der Waals surface area contributed by atoms with Crippen molar-refractivity contribution in [1.82, 2.24) is 9.97 Å². The molecule has 0 amide bonds. The molecule has 2 aromatic rings. The highest BCUT2D eigenvalue weighted by atomic mass is 79.9. The number of fused-ring (bicyclic) bond motifs is 1. The molecule has 1 aromatic carbocycles. The van der Waals surface area contributed by atoms with Crippen LogP contribution in [0.3, 0.4) is 0 Å². The Labute approximate surface area is 123 Å². The summed E-state index contributed by atoms with van der Waals surface area (Å²) in [6.07, 6.45) is 2.05. The van der Waals surface area contributed by atoms with Crippen LogP contribution in [0.15, 0.2) is 22.7 Å². The van der Waals surface area contributed by atoms with Gasteiger partial charge in [0, 0.05) is 30.4 Å². The molecule has 0 unspecified atom stereocenters. The summed E-state index contributed by atoms with van der Waals surface area (Å²) in [5.41, 5.74) is 1.01. The van der Waals surface area contributed by atoms with E-state index in [1.165, 1.54) is 0 Å². The SMILES string of the molecule is CC(C)CCc1nc(N(C)C)c2cc(Br)ccc2n1. The van der Waals surface area contributed by atoms with Crippen molar-refractivity contribution in [2.24, 2.45) is 5.92 Å². The predicted octanol–water partition coefficient (Wildman–Crippen LogP) is 4.05. The van der Waals surface area contributed by atoms with E-state index >= 15 is 0 Å². The summed E-state index contributed by atoms with van der Waals surface area (Å²) in [7, 11) is 4.05. The fraction of sp³-hybridized carbons (Fsp3) is 0.467. The van der Waals surface area contributed by atoms with Crippen molar-refractivity contribution in [3.63, 3.8) is 0 Å². The number of hydrogen-bond donors (Lipinski definition) is 0. The van der Waals surface area contributed by atoms with Gasteiger partial charge in [-0.3, -0.25) is 0 Å². The zero-order chi connectivity index (χ0) is 14.0. The van der Waals surface area contributed by atoms with Crippen molar-refractivity contribution in [3.8, 4) is 0 Å². The number of benzene rings is 1. The molecule has 0 saturated heterocycles. The molecule has 0 N–H and O–H groups in total. The Kier molecular flexibility index (Phi) is 4.40. The number of hydrogen-bond acceptors (Lipinski definition) is 3. The van der Waals surface area contributed by atoms with Crippen LogP contribution >= 0.6 is 15.9 Å². The van der Waals surface area contributed by atoms with Gasteiger partial charge in [0.15, 0.2) is 0 Å².